The molecule has 0 aromatic heterocycles. The maximum atomic E-state index is 8.76. The fourth-order valence-corrected chi connectivity index (χ4v) is 2.27. The molecule has 96 valence electrons. The van der Waals surface area contributed by atoms with Crippen molar-refractivity contribution in [3.8, 4) is 6.07 Å². The van der Waals surface area contributed by atoms with E-state index in [1.54, 1.807) is 0 Å². The van der Waals surface area contributed by atoms with Gasteiger partial charge in [-0.15, -0.1) is 0 Å². The molecule has 2 rings (SSSR count). The monoisotopic (exact) mass is 245 g/mol. The zero-order chi connectivity index (χ0) is 13.0. The van der Waals surface area contributed by atoms with Crippen LogP contribution in [0.5, 0.6) is 0 Å². The van der Waals surface area contributed by atoms with Gasteiger partial charge in [0.2, 0.25) is 0 Å². The minimum absolute atomic E-state index is 0.326. The van der Waals surface area contributed by atoms with E-state index in [0.717, 1.165) is 37.2 Å². The maximum absolute atomic E-state index is 8.76. The third-order valence-electron chi connectivity index (χ3n) is 3.34. The van der Waals surface area contributed by atoms with Crippen molar-refractivity contribution < 1.29 is 4.74 Å². The van der Waals surface area contributed by atoms with Gasteiger partial charge in [0, 0.05) is 31.6 Å². The van der Waals surface area contributed by atoms with E-state index in [0.29, 0.717) is 18.2 Å². The van der Waals surface area contributed by atoms with Crippen molar-refractivity contribution in [3.05, 3.63) is 23.8 Å². The quantitative estimate of drug-likeness (QED) is 0.824. The highest BCUT2D eigenvalue weighted by Crippen LogP contribution is 2.22. The van der Waals surface area contributed by atoms with Gasteiger partial charge in [0.15, 0.2) is 0 Å². The van der Waals surface area contributed by atoms with Crippen LogP contribution in [0.4, 0.5) is 11.4 Å². The molecule has 1 aromatic rings. The first-order valence-electron chi connectivity index (χ1n) is 6.29. The van der Waals surface area contributed by atoms with Crippen LogP contribution in [0, 0.1) is 11.3 Å². The Bertz CT molecular complexity index is 447. The van der Waals surface area contributed by atoms with E-state index in [1.165, 1.54) is 0 Å². The maximum Gasteiger partial charge on any atom is 0.0750 e. The number of nitriles is 1. The number of rotatable bonds is 4. The van der Waals surface area contributed by atoms with E-state index in [2.05, 4.69) is 11.0 Å². The SMILES string of the molecule is CN(CC1CCCO1)c1ccc(N)c(CC#N)c1. The molecule has 1 heterocycles. The number of anilines is 2. The number of hydrogen-bond acceptors (Lipinski definition) is 4. The molecule has 0 saturated carbocycles. The second-order valence-corrected chi connectivity index (χ2v) is 4.73. The number of ether oxygens (including phenoxy) is 1. The zero-order valence-corrected chi connectivity index (χ0v) is 10.7. The normalized spacial score (nSPS) is 18.6. The number of nitrogens with zero attached hydrogens (tertiary/aromatic N) is 2. The summed E-state index contributed by atoms with van der Waals surface area (Å²) in [5.41, 5.74) is 8.52. The van der Waals surface area contributed by atoms with E-state index >= 15 is 0 Å². The Morgan fingerprint density at radius 2 is 2.39 bits per heavy atom. The molecule has 4 nitrogen and oxygen atoms in total. The second kappa shape index (κ2) is 5.74. The van der Waals surface area contributed by atoms with Gasteiger partial charge in [-0.1, -0.05) is 0 Å². The van der Waals surface area contributed by atoms with E-state index < -0.39 is 0 Å². The van der Waals surface area contributed by atoms with E-state index in [4.69, 9.17) is 15.7 Å². The number of benzene rings is 1. The number of likely N-dealkylation sites (N-methyl/N-ethyl adjacent to an activating group) is 1. The van der Waals surface area contributed by atoms with Gasteiger partial charge >= 0.3 is 0 Å². The Morgan fingerprint density at radius 1 is 1.56 bits per heavy atom. The summed E-state index contributed by atoms with van der Waals surface area (Å²) in [5.74, 6) is 0. The molecule has 1 unspecified atom stereocenters. The molecular weight excluding hydrogens is 226 g/mol. The van der Waals surface area contributed by atoms with E-state index in [-0.39, 0.29) is 0 Å². The molecule has 2 N–H and O–H groups in total. The van der Waals surface area contributed by atoms with Crippen molar-refractivity contribution in [3.63, 3.8) is 0 Å². The Kier molecular flexibility index (Phi) is 4.06. The molecule has 0 aliphatic carbocycles. The molecule has 0 spiro atoms. The Balaban J connectivity index is 2.07. The minimum Gasteiger partial charge on any atom is -0.398 e. The summed E-state index contributed by atoms with van der Waals surface area (Å²) in [6.07, 6.45) is 2.96. The first kappa shape index (κ1) is 12.7. The predicted octanol–water partition coefficient (Wildman–Crippen LogP) is 1.95. The number of hydrogen-bond donors (Lipinski definition) is 1. The average molecular weight is 245 g/mol. The van der Waals surface area contributed by atoms with Gasteiger partial charge in [0.1, 0.15) is 0 Å². The molecule has 0 radical (unpaired) electrons. The molecular formula is C14H19N3O. The summed E-state index contributed by atoms with van der Waals surface area (Å²) >= 11 is 0. The lowest BCUT2D eigenvalue weighted by atomic mass is 10.1. The van der Waals surface area contributed by atoms with Gasteiger partial charge in [-0.3, -0.25) is 0 Å². The molecule has 18 heavy (non-hydrogen) atoms. The third-order valence-corrected chi connectivity index (χ3v) is 3.34. The highest BCUT2D eigenvalue weighted by atomic mass is 16.5. The summed E-state index contributed by atoms with van der Waals surface area (Å²) in [5, 5.41) is 8.76. The molecule has 1 aliphatic rings. The largest absolute Gasteiger partial charge is 0.398 e. The Hall–Kier alpha value is -1.73. The van der Waals surface area contributed by atoms with Crippen molar-refractivity contribution in [2.45, 2.75) is 25.4 Å². The first-order valence-corrected chi connectivity index (χ1v) is 6.29. The van der Waals surface area contributed by atoms with Crippen LogP contribution < -0.4 is 10.6 Å². The Labute approximate surface area is 108 Å². The predicted molar refractivity (Wildman–Crippen MR) is 72.4 cm³/mol. The summed E-state index contributed by atoms with van der Waals surface area (Å²) in [6.45, 7) is 1.76. The van der Waals surface area contributed by atoms with E-state index in [1.807, 2.05) is 25.2 Å². The second-order valence-electron chi connectivity index (χ2n) is 4.73. The molecule has 1 atom stereocenters. The summed E-state index contributed by atoms with van der Waals surface area (Å²) in [7, 11) is 2.04. The number of nitrogens with two attached hydrogens (primary N) is 1. The average Bonchev–Trinajstić information content (AvgIpc) is 2.85. The van der Waals surface area contributed by atoms with Crippen LogP contribution in [0.15, 0.2) is 18.2 Å². The third kappa shape index (κ3) is 2.93. The van der Waals surface area contributed by atoms with Crippen molar-refractivity contribution in [1.82, 2.24) is 0 Å². The van der Waals surface area contributed by atoms with Gasteiger partial charge in [-0.25, -0.2) is 0 Å². The highest BCUT2D eigenvalue weighted by molar-refractivity contribution is 5.59. The van der Waals surface area contributed by atoms with Crippen LogP contribution in [0.1, 0.15) is 18.4 Å². The zero-order valence-electron chi connectivity index (χ0n) is 10.7. The highest BCUT2D eigenvalue weighted by Gasteiger charge is 2.17. The van der Waals surface area contributed by atoms with Crippen molar-refractivity contribution in [2.24, 2.45) is 0 Å². The molecule has 4 heteroatoms. The van der Waals surface area contributed by atoms with Crippen LogP contribution in [0.25, 0.3) is 0 Å². The standard InChI is InChI=1S/C14H19N3O/c1-17(10-13-3-2-8-18-13)12-4-5-14(16)11(9-12)6-7-15/h4-5,9,13H,2-3,6,8,10,16H2,1H3. The molecule has 1 fully saturated rings. The van der Waals surface area contributed by atoms with Gasteiger partial charge in [0.25, 0.3) is 0 Å². The molecule has 0 amide bonds. The minimum atomic E-state index is 0.326. The fraction of sp³-hybridized carbons (Fsp3) is 0.500. The fourth-order valence-electron chi connectivity index (χ4n) is 2.27. The van der Waals surface area contributed by atoms with Crippen LogP contribution in [-0.4, -0.2) is 26.3 Å². The van der Waals surface area contributed by atoms with Gasteiger partial charge in [-0.05, 0) is 36.6 Å². The summed E-state index contributed by atoms with van der Waals surface area (Å²) < 4.78 is 5.63. The summed E-state index contributed by atoms with van der Waals surface area (Å²) in [6, 6.07) is 7.99. The van der Waals surface area contributed by atoms with Crippen LogP contribution >= 0.6 is 0 Å². The molecule has 0 bridgehead atoms. The van der Waals surface area contributed by atoms with Crippen LogP contribution in [0.2, 0.25) is 0 Å². The van der Waals surface area contributed by atoms with Gasteiger partial charge in [-0.2, -0.15) is 5.26 Å². The Morgan fingerprint density at radius 3 is 3.06 bits per heavy atom. The van der Waals surface area contributed by atoms with Gasteiger partial charge < -0.3 is 15.4 Å². The van der Waals surface area contributed by atoms with Crippen molar-refractivity contribution in [1.29, 1.82) is 5.26 Å². The van der Waals surface area contributed by atoms with Crippen LogP contribution in [0.3, 0.4) is 0 Å². The lowest BCUT2D eigenvalue weighted by molar-refractivity contribution is 0.116. The summed E-state index contributed by atoms with van der Waals surface area (Å²) in [4.78, 5) is 2.16. The molecule has 1 aromatic carbocycles. The van der Waals surface area contributed by atoms with Gasteiger partial charge in [0.05, 0.1) is 18.6 Å². The smallest absolute Gasteiger partial charge is 0.0750 e. The first-order chi connectivity index (χ1) is 8.70. The number of nitrogen functional groups attached to an aromatic ring is 1. The molecule has 1 aliphatic heterocycles. The topological polar surface area (TPSA) is 62.3 Å². The molecule has 1 saturated heterocycles. The van der Waals surface area contributed by atoms with Crippen molar-refractivity contribution >= 4 is 11.4 Å². The van der Waals surface area contributed by atoms with E-state index in [9.17, 15) is 0 Å². The van der Waals surface area contributed by atoms with Crippen molar-refractivity contribution in [2.75, 3.05) is 30.8 Å². The van der Waals surface area contributed by atoms with Crippen LogP contribution in [-0.2, 0) is 11.2 Å². The lowest BCUT2D eigenvalue weighted by Gasteiger charge is -2.23. The lowest BCUT2D eigenvalue weighted by Crippen LogP contribution is -2.28.